The molecule has 16 heavy (non-hydrogen) atoms. The summed E-state index contributed by atoms with van der Waals surface area (Å²) in [7, 11) is 2.05. The number of nitrogens with zero attached hydrogens (tertiary/aromatic N) is 1. The molecule has 1 unspecified atom stereocenters. The van der Waals surface area contributed by atoms with Crippen LogP contribution in [0.3, 0.4) is 0 Å². The summed E-state index contributed by atoms with van der Waals surface area (Å²) in [6.45, 7) is 2.84. The maximum Gasteiger partial charge on any atom is 0.129 e. The first-order valence-corrected chi connectivity index (χ1v) is 5.51. The van der Waals surface area contributed by atoms with Gasteiger partial charge in [0.25, 0.3) is 0 Å². The first-order valence-electron chi connectivity index (χ1n) is 5.51. The van der Waals surface area contributed by atoms with Crippen molar-refractivity contribution in [1.29, 1.82) is 0 Å². The van der Waals surface area contributed by atoms with Crippen LogP contribution < -0.4 is 5.32 Å². The molecular weight excluding hydrogens is 210 g/mol. The third kappa shape index (κ3) is 2.77. The molecule has 2 rings (SSSR count). The first-order chi connectivity index (χ1) is 7.65. The first kappa shape index (κ1) is 11.5. The van der Waals surface area contributed by atoms with Gasteiger partial charge >= 0.3 is 0 Å². The lowest BCUT2D eigenvalue weighted by Gasteiger charge is -2.31. The van der Waals surface area contributed by atoms with Gasteiger partial charge in [-0.2, -0.15) is 0 Å². The van der Waals surface area contributed by atoms with E-state index in [9.17, 15) is 8.78 Å². The summed E-state index contributed by atoms with van der Waals surface area (Å²) in [6.07, 6.45) is 0.608. The fraction of sp³-hybridized carbons (Fsp3) is 0.500. The van der Waals surface area contributed by atoms with Crippen molar-refractivity contribution in [1.82, 2.24) is 10.2 Å². The number of hydrogen-bond donors (Lipinski definition) is 1. The lowest BCUT2D eigenvalue weighted by Crippen LogP contribution is -2.50. The fourth-order valence-corrected chi connectivity index (χ4v) is 2.08. The van der Waals surface area contributed by atoms with Crippen LogP contribution >= 0.6 is 0 Å². The van der Waals surface area contributed by atoms with Gasteiger partial charge in [0.2, 0.25) is 0 Å². The second kappa shape index (κ2) is 4.89. The van der Waals surface area contributed by atoms with Crippen molar-refractivity contribution in [3.8, 4) is 0 Å². The molecule has 1 aromatic carbocycles. The summed E-state index contributed by atoms with van der Waals surface area (Å²) < 4.78 is 26.1. The molecule has 1 aliphatic heterocycles. The highest BCUT2D eigenvalue weighted by atomic mass is 19.1. The Morgan fingerprint density at radius 1 is 1.44 bits per heavy atom. The van der Waals surface area contributed by atoms with E-state index in [0.717, 1.165) is 25.7 Å². The van der Waals surface area contributed by atoms with Gasteiger partial charge in [0, 0.05) is 31.7 Å². The molecule has 2 nitrogen and oxygen atoms in total. The minimum absolute atomic E-state index is 0.249. The Kier molecular flexibility index (Phi) is 3.51. The van der Waals surface area contributed by atoms with Crippen LogP contribution in [0.5, 0.6) is 0 Å². The summed E-state index contributed by atoms with van der Waals surface area (Å²) in [4.78, 5) is 2.21. The van der Waals surface area contributed by atoms with E-state index in [-0.39, 0.29) is 6.04 Å². The zero-order valence-corrected chi connectivity index (χ0v) is 9.34. The standard InChI is InChI=1S/C12H16F2N2/c1-16-5-4-15-11(8-16)6-9-2-3-10(13)7-12(9)14/h2-3,7,11,15H,4-6,8H2,1H3. The van der Waals surface area contributed by atoms with Crippen LogP contribution in [-0.4, -0.2) is 37.6 Å². The minimum atomic E-state index is -0.519. The predicted molar refractivity (Wildman–Crippen MR) is 59.3 cm³/mol. The van der Waals surface area contributed by atoms with Gasteiger partial charge in [-0.25, -0.2) is 8.78 Å². The van der Waals surface area contributed by atoms with Crippen LogP contribution in [0, 0.1) is 11.6 Å². The molecule has 0 aromatic heterocycles. The van der Waals surface area contributed by atoms with E-state index in [4.69, 9.17) is 0 Å². The van der Waals surface area contributed by atoms with Gasteiger partial charge in [0.15, 0.2) is 0 Å². The van der Waals surface area contributed by atoms with E-state index in [1.165, 1.54) is 12.1 Å². The SMILES string of the molecule is CN1CCNC(Cc2ccc(F)cc2F)C1. The lowest BCUT2D eigenvalue weighted by atomic mass is 10.0. The minimum Gasteiger partial charge on any atom is -0.311 e. The Balaban J connectivity index is 2.02. The lowest BCUT2D eigenvalue weighted by molar-refractivity contribution is 0.237. The molecular formula is C12H16F2N2. The highest BCUT2D eigenvalue weighted by Crippen LogP contribution is 2.13. The number of hydrogen-bond acceptors (Lipinski definition) is 2. The molecule has 0 bridgehead atoms. The van der Waals surface area contributed by atoms with E-state index in [0.29, 0.717) is 12.0 Å². The van der Waals surface area contributed by atoms with Gasteiger partial charge in [-0.1, -0.05) is 6.07 Å². The molecule has 1 aliphatic rings. The number of piperazine rings is 1. The largest absolute Gasteiger partial charge is 0.311 e. The Hall–Kier alpha value is -1.00. The molecule has 4 heteroatoms. The van der Waals surface area contributed by atoms with Crippen molar-refractivity contribution >= 4 is 0 Å². The highest BCUT2D eigenvalue weighted by Gasteiger charge is 2.18. The molecule has 0 radical (unpaired) electrons. The van der Waals surface area contributed by atoms with Crippen LogP contribution in [-0.2, 0) is 6.42 Å². The maximum atomic E-state index is 13.4. The molecule has 0 amide bonds. The van der Waals surface area contributed by atoms with Gasteiger partial charge in [-0.15, -0.1) is 0 Å². The summed E-state index contributed by atoms with van der Waals surface area (Å²) in [6, 6.07) is 4.03. The van der Waals surface area contributed by atoms with Crippen molar-refractivity contribution in [3.63, 3.8) is 0 Å². The molecule has 1 aromatic rings. The molecule has 1 saturated heterocycles. The Morgan fingerprint density at radius 2 is 2.25 bits per heavy atom. The van der Waals surface area contributed by atoms with Crippen LogP contribution in [0.2, 0.25) is 0 Å². The van der Waals surface area contributed by atoms with Gasteiger partial charge in [-0.3, -0.25) is 0 Å². The van der Waals surface area contributed by atoms with Crippen molar-refractivity contribution in [3.05, 3.63) is 35.4 Å². The van der Waals surface area contributed by atoms with Crippen molar-refractivity contribution in [2.45, 2.75) is 12.5 Å². The summed E-state index contributed by atoms with van der Waals surface area (Å²) in [5.41, 5.74) is 0.578. The number of benzene rings is 1. The van der Waals surface area contributed by atoms with Crippen LogP contribution in [0.25, 0.3) is 0 Å². The van der Waals surface area contributed by atoms with Crippen molar-refractivity contribution in [2.24, 2.45) is 0 Å². The van der Waals surface area contributed by atoms with E-state index >= 15 is 0 Å². The molecule has 1 N–H and O–H groups in total. The quantitative estimate of drug-likeness (QED) is 0.820. The third-order valence-electron chi connectivity index (χ3n) is 2.94. The van der Waals surface area contributed by atoms with Crippen molar-refractivity contribution in [2.75, 3.05) is 26.7 Å². The van der Waals surface area contributed by atoms with Gasteiger partial charge in [0.1, 0.15) is 11.6 Å². The molecule has 1 atom stereocenters. The van der Waals surface area contributed by atoms with Crippen molar-refractivity contribution < 1.29 is 8.78 Å². The Morgan fingerprint density at radius 3 is 2.94 bits per heavy atom. The van der Waals surface area contributed by atoms with Crippen LogP contribution in [0.1, 0.15) is 5.56 Å². The summed E-state index contributed by atoms with van der Waals surface area (Å²) >= 11 is 0. The normalized spacial score (nSPS) is 22.3. The number of halogens is 2. The van der Waals surface area contributed by atoms with E-state index in [1.807, 2.05) is 0 Å². The second-order valence-corrected chi connectivity index (χ2v) is 4.35. The predicted octanol–water partition coefficient (Wildman–Crippen LogP) is 1.41. The van der Waals surface area contributed by atoms with Gasteiger partial charge < -0.3 is 10.2 Å². The maximum absolute atomic E-state index is 13.4. The van der Waals surface area contributed by atoms with Gasteiger partial charge in [-0.05, 0) is 25.1 Å². The second-order valence-electron chi connectivity index (χ2n) is 4.35. The topological polar surface area (TPSA) is 15.3 Å². The van der Waals surface area contributed by atoms with Gasteiger partial charge in [0.05, 0.1) is 0 Å². The molecule has 1 fully saturated rings. The van der Waals surface area contributed by atoms with Crippen LogP contribution in [0.4, 0.5) is 8.78 Å². The summed E-state index contributed by atoms with van der Waals surface area (Å²) in [5, 5.41) is 3.34. The smallest absolute Gasteiger partial charge is 0.129 e. The highest BCUT2D eigenvalue weighted by molar-refractivity contribution is 5.19. The fourth-order valence-electron chi connectivity index (χ4n) is 2.08. The molecule has 1 heterocycles. The molecule has 0 saturated carbocycles. The Bertz CT molecular complexity index is 368. The number of nitrogens with one attached hydrogen (secondary N) is 1. The number of likely N-dealkylation sites (N-methyl/N-ethyl adjacent to an activating group) is 1. The molecule has 88 valence electrons. The molecule has 0 spiro atoms. The zero-order chi connectivity index (χ0) is 11.5. The average Bonchev–Trinajstić information content (AvgIpc) is 2.22. The number of rotatable bonds is 2. The molecule has 0 aliphatic carbocycles. The van der Waals surface area contributed by atoms with E-state index in [1.54, 1.807) is 0 Å². The zero-order valence-electron chi connectivity index (χ0n) is 9.34. The Labute approximate surface area is 94.3 Å². The van der Waals surface area contributed by atoms with E-state index < -0.39 is 11.6 Å². The van der Waals surface area contributed by atoms with E-state index in [2.05, 4.69) is 17.3 Å². The summed E-state index contributed by atoms with van der Waals surface area (Å²) in [5.74, 6) is -0.968. The monoisotopic (exact) mass is 226 g/mol. The third-order valence-corrected chi connectivity index (χ3v) is 2.94. The average molecular weight is 226 g/mol. The van der Waals surface area contributed by atoms with Crippen LogP contribution in [0.15, 0.2) is 18.2 Å².